The summed E-state index contributed by atoms with van der Waals surface area (Å²) >= 11 is 0. The lowest BCUT2D eigenvalue weighted by Gasteiger charge is -1.99. The Morgan fingerprint density at radius 2 is 2.33 bits per heavy atom. The van der Waals surface area contributed by atoms with Gasteiger partial charge in [0.2, 0.25) is 0 Å². The molecule has 0 saturated heterocycles. The summed E-state index contributed by atoms with van der Waals surface area (Å²) in [4.78, 5) is 0. The summed E-state index contributed by atoms with van der Waals surface area (Å²) in [7, 11) is 0. The van der Waals surface area contributed by atoms with E-state index in [0.29, 0.717) is 5.82 Å². The Bertz CT molecular complexity index is 398. The highest BCUT2D eigenvalue weighted by atomic mass is 15.3. The number of nitrogen functional groups attached to an aromatic ring is 1. The molecule has 0 fully saturated rings. The first-order valence-corrected chi connectivity index (χ1v) is 4.76. The van der Waals surface area contributed by atoms with Crippen molar-refractivity contribution in [2.75, 3.05) is 5.73 Å². The summed E-state index contributed by atoms with van der Waals surface area (Å²) in [5, 5.41) is 4.03. The van der Waals surface area contributed by atoms with E-state index in [1.807, 2.05) is 19.1 Å². The first-order valence-electron chi connectivity index (χ1n) is 4.76. The largest absolute Gasteiger partial charge is 0.404 e. The average Bonchev–Trinajstić information content (AvgIpc) is 2.66. The van der Waals surface area contributed by atoms with E-state index in [2.05, 4.69) is 11.7 Å². The van der Waals surface area contributed by atoms with Crippen LogP contribution in [0.1, 0.15) is 13.3 Å². The minimum Gasteiger partial charge on any atom is -0.404 e. The van der Waals surface area contributed by atoms with Gasteiger partial charge >= 0.3 is 0 Å². The van der Waals surface area contributed by atoms with E-state index >= 15 is 0 Å². The Morgan fingerprint density at radius 3 is 2.80 bits per heavy atom. The third-order valence-corrected chi connectivity index (χ3v) is 2.02. The molecule has 4 heteroatoms. The molecule has 0 aliphatic heterocycles. The third-order valence-electron chi connectivity index (χ3n) is 2.02. The van der Waals surface area contributed by atoms with Crippen molar-refractivity contribution < 1.29 is 0 Å². The van der Waals surface area contributed by atoms with Crippen molar-refractivity contribution in [1.29, 1.82) is 0 Å². The van der Waals surface area contributed by atoms with Crippen molar-refractivity contribution >= 4 is 11.5 Å². The summed E-state index contributed by atoms with van der Waals surface area (Å²) in [5.74, 6) is 0.481. The smallest absolute Gasteiger partial charge is 0.145 e. The molecule has 15 heavy (non-hydrogen) atoms. The molecule has 0 radical (unpaired) electrons. The zero-order valence-corrected chi connectivity index (χ0v) is 8.85. The van der Waals surface area contributed by atoms with E-state index in [4.69, 9.17) is 11.5 Å². The molecule has 0 aliphatic carbocycles. The van der Waals surface area contributed by atoms with Gasteiger partial charge in [-0.05, 0) is 24.3 Å². The highest BCUT2D eigenvalue weighted by Crippen LogP contribution is 2.08. The van der Waals surface area contributed by atoms with E-state index in [1.165, 1.54) is 0 Å². The van der Waals surface area contributed by atoms with Crippen LogP contribution in [-0.4, -0.2) is 9.78 Å². The van der Waals surface area contributed by atoms with Crippen molar-refractivity contribution in [2.45, 2.75) is 13.3 Å². The van der Waals surface area contributed by atoms with E-state index in [-0.39, 0.29) is 0 Å². The summed E-state index contributed by atoms with van der Waals surface area (Å²) in [6.45, 7) is 5.91. The number of nitrogens with zero attached hydrogens (tertiary/aromatic N) is 2. The zero-order valence-electron chi connectivity index (χ0n) is 8.85. The second-order valence-corrected chi connectivity index (χ2v) is 3.10. The second kappa shape index (κ2) is 5.05. The van der Waals surface area contributed by atoms with Crippen LogP contribution in [0.25, 0.3) is 5.70 Å². The van der Waals surface area contributed by atoms with E-state index in [0.717, 1.165) is 17.7 Å². The standard InChI is InChI=1S/C11H16N4/c1-3-10(8-12)5-4-9(2)15-7-6-11(13)14-15/h4-8H,2-3,12H2,1H3,(H2,13,14)/b5-4-,10-8-. The van der Waals surface area contributed by atoms with Crippen molar-refractivity contribution in [3.05, 3.63) is 42.8 Å². The van der Waals surface area contributed by atoms with Gasteiger partial charge in [-0.3, -0.25) is 0 Å². The Balaban J connectivity index is 2.71. The monoisotopic (exact) mass is 204 g/mol. The lowest BCUT2D eigenvalue weighted by Crippen LogP contribution is -1.95. The van der Waals surface area contributed by atoms with Gasteiger partial charge < -0.3 is 11.5 Å². The molecule has 0 aromatic carbocycles. The summed E-state index contributed by atoms with van der Waals surface area (Å²) in [6.07, 6.45) is 8.01. The number of hydrogen-bond acceptors (Lipinski definition) is 3. The molecule has 0 unspecified atom stereocenters. The fraction of sp³-hybridized carbons (Fsp3) is 0.182. The average molecular weight is 204 g/mol. The van der Waals surface area contributed by atoms with Crippen LogP contribution in [0.5, 0.6) is 0 Å². The minimum absolute atomic E-state index is 0.481. The first-order chi connectivity index (χ1) is 7.17. The number of hydrogen-bond donors (Lipinski definition) is 2. The molecule has 0 atom stereocenters. The van der Waals surface area contributed by atoms with Gasteiger partial charge in [-0.15, -0.1) is 0 Å². The predicted octanol–water partition coefficient (Wildman–Crippen LogP) is 1.74. The van der Waals surface area contributed by atoms with Crippen LogP contribution in [0.15, 0.2) is 42.8 Å². The van der Waals surface area contributed by atoms with Crippen molar-refractivity contribution in [1.82, 2.24) is 9.78 Å². The Hall–Kier alpha value is -1.97. The van der Waals surface area contributed by atoms with Crippen LogP contribution < -0.4 is 11.5 Å². The minimum atomic E-state index is 0.481. The third kappa shape index (κ3) is 3.02. The molecule has 1 aromatic heterocycles. The fourth-order valence-electron chi connectivity index (χ4n) is 1.07. The summed E-state index contributed by atoms with van der Waals surface area (Å²) in [5.41, 5.74) is 12.7. The maximum atomic E-state index is 5.50. The number of anilines is 1. The Morgan fingerprint density at radius 1 is 1.60 bits per heavy atom. The molecule has 4 N–H and O–H groups in total. The molecule has 1 heterocycles. The van der Waals surface area contributed by atoms with Crippen LogP contribution in [0.2, 0.25) is 0 Å². The number of aromatic nitrogens is 2. The Kier molecular flexibility index (Phi) is 3.74. The highest BCUT2D eigenvalue weighted by molar-refractivity contribution is 5.55. The van der Waals surface area contributed by atoms with Crippen LogP contribution in [-0.2, 0) is 0 Å². The molecule has 0 spiro atoms. The molecule has 1 rings (SSSR count). The molecule has 0 amide bonds. The van der Waals surface area contributed by atoms with Crippen molar-refractivity contribution in [3.8, 4) is 0 Å². The maximum absolute atomic E-state index is 5.50. The van der Waals surface area contributed by atoms with Gasteiger partial charge in [0.05, 0.1) is 5.70 Å². The molecule has 0 aliphatic rings. The molecule has 0 saturated carbocycles. The second-order valence-electron chi connectivity index (χ2n) is 3.10. The molecule has 4 nitrogen and oxygen atoms in total. The Labute approximate surface area is 89.6 Å². The normalized spacial score (nSPS) is 12.2. The molecule has 80 valence electrons. The van der Waals surface area contributed by atoms with Gasteiger partial charge in [-0.2, -0.15) is 5.10 Å². The van der Waals surface area contributed by atoms with Gasteiger partial charge in [-0.1, -0.05) is 19.6 Å². The van der Waals surface area contributed by atoms with Gasteiger partial charge in [0.15, 0.2) is 0 Å². The zero-order chi connectivity index (χ0) is 11.3. The van der Waals surface area contributed by atoms with Gasteiger partial charge in [0, 0.05) is 12.3 Å². The number of allylic oxidation sites excluding steroid dienone is 4. The highest BCUT2D eigenvalue weighted by Gasteiger charge is 1.95. The van der Waals surface area contributed by atoms with Crippen molar-refractivity contribution in [3.63, 3.8) is 0 Å². The van der Waals surface area contributed by atoms with E-state index in [1.54, 1.807) is 23.1 Å². The van der Waals surface area contributed by atoms with Crippen LogP contribution >= 0.6 is 0 Å². The quantitative estimate of drug-likeness (QED) is 0.734. The topological polar surface area (TPSA) is 69.9 Å². The molecule has 0 bridgehead atoms. The first kappa shape index (κ1) is 11.1. The summed E-state index contributed by atoms with van der Waals surface area (Å²) < 4.78 is 1.62. The molecular weight excluding hydrogens is 188 g/mol. The van der Waals surface area contributed by atoms with Crippen LogP contribution in [0.3, 0.4) is 0 Å². The van der Waals surface area contributed by atoms with Crippen LogP contribution in [0.4, 0.5) is 5.82 Å². The summed E-state index contributed by atoms with van der Waals surface area (Å²) in [6, 6.07) is 1.72. The SMILES string of the molecule is C=C(/C=C\C(=C/N)CC)n1ccc(N)n1. The number of nitrogens with two attached hydrogens (primary N) is 2. The molecular formula is C11H16N4. The predicted molar refractivity (Wildman–Crippen MR) is 63.7 cm³/mol. The maximum Gasteiger partial charge on any atom is 0.145 e. The van der Waals surface area contributed by atoms with Gasteiger partial charge in [-0.25, -0.2) is 4.68 Å². The van der Waals surface area contributed by atoms with Gasteiger partial charge in [0.25, 0.3) is 0 Å². The fourth-order valence-corrected chi connectivity index (χ4v) is 1.07. The lowest BCUT2D eigenvalue weighted by atomic mass is 10.2. The number of rotatable bonds is 4. The van der Waals surface area contributed by atoms with Gasteiger partial charge in [0.1, 0.15) is 5.82 Å². The molecule has 1 aromatic rings. The lowest BCUT2D eigenvalue weighted by molar-refractivity contribution is 0.918. The van der Waals surface area contributed by atoms with Crippen molar-refractivity contribution in [2.24, 2.45) is 5.73 Å². The van der Waals surface area contributed by atoms with Crippen LogP contribution in [0, 0.1) is 0 Å². The van der Waals surface area contributed by atoms with E-state index in [9.17, 15) is 0 Å². The van der Waals surface area contributed by atoms with E-state index < -0.39 is 0 Å².